The molecule has 2 aromatic heterocycles. The van der Waals surface area contributed by atoms with E-state index < -0.39 is 10.0 Å². The van der Waals surface area contributed by atoms with E-state index in [9.17, 15) is 13.2 Å². The average molecular weight is 498 g/mol. The second-order valence-electron chi connectivity index (χ2n) is 8.21. The molecule has 2 aromatic carbocycles. The summed E-state index contributed by atoms with van der Waals surface area (Å²) in [4.78, 5) is 21.4. The van der Waals surface area contributed by atoms with Gasteiger partial charge in [0.25, 0.3) is 10.0 Å². The van der Waals surface area contributed by atoms with Crippen LogP contribution in [-0.2, 0) is 14.8 Å². The molecule has 4 aromatic rings. The van der Waals surface area contributed by atoms with E-state index >= 15 is 0 Å². The summed E-state index contributed by atoms with van der Waals surface area (Å²) in [5, 5.41) is 3.18. The smallest absolute Gasteiger partial charge is 0.263 e. The third-order valence-electron chi connectivity index (χ3n) is 6.16. The third-order valence-corrected chi connectivity index (χ3v) is 8.33. The Morgan fingerprint density at radius 1 is 1.06 bits per heavy atom. The number of fused-ring (bicyclic) bond motifs is 1. The van der Waals surface area contributed by atoms with Crippen molar-refractivity contribution in [2.45, 2.75) is 17.9 Å². The fraction of sp³-hybridized carbons (Fsp3) is 0.250. The molecule has 1 atom stereocenters. The number of nitrogens with zero attached hydrogens (tertiary/aromatic N) is 4. The van der Waals surface area contributed by atoms with Crippen LogP contribution in [0.5, 0.6) is 0 Å². The zero-order valence-corrected chi connectivity index (χ0v) is 20.3. The maximum atomic E-state index is 13.2. The normalized spacial score (nSPS) is 15.4. The van der Waals surface area contributed by atoms with Crippen LogP contribution in [0.3, 0.4) is 0 Å². The van der Waals surface area contributed by atoms with E-state index in [1.807, 2.05) is 65.1 Å². The van der Waals surface area contributed by atoms with Gasteiger partial charge in [-0.2, -0.15) is 0 Å². The number of sulfonamides is 1. The van der Waals surface area contributed by atoms with Gasteiger partial charge in [-0.15, -0.1) is 11.3 Å². The van der Waals surface area contributed by atoms with Crippen LogP contribution in [0.2, 0.25) is 0 Å². The highest BCUT2D eigenvalue weighted by molar-refractivity contribution is 7.93. The van der Waals surface area contributed by atoms with Gasteiger partial charge >= 0.3 is 0 Å². The summed E-state index contributed by atoms with van der Waals surface area (Å²) < 4.78 is 29.6. The van der Waals surface area contributed by atoms with Gasteiger partial charge in [-0.1, -0.05) is 18.2 Å². The lowest BCUT2D eigenvalue weighted by atomic mass is 10.2. The summed E-state index contributed by atoms with van der Waals surface area (Å²) in [6.07, 6.45) is 3.53. The number of para-hydroxylation sites is 1. The molecule has 0 bridgehead atoms. The summed E-state index contributed by atoms with van der Waals surface area (Å²) in [6, 6.07) is 16.6. The van der Waals surface area contributed by atoms with Crippen molar-refractivity contribution in [2.24, 2.45) is 0 Å². The SMILES string of the molecule is CC(C(=O)N1CCN(c2ccc(S(=O)(=O)Nc3nccs3)cc2)CC1)n1ccc2ccccc21.[HH]. The average Bonchev–Trinajstić information content (AvgIpc) is 3.53. The van der Waals surface area contributed by atoms with E-state index in [4.69, 9.17) is 0 Å². The standard InChI is InChI=1S/C24H25N5O3S2.H2/c1-18(29-12-10-19-4-2-3-5-22(19)29)23(30)28-15-13-27(14-16-28)20-6-8-21(9-7-20)34(31,32)26-24-25-11-17-33-24;/h2-12,17-18H,13-16H2,1H3,(H,25,26);1H. The second kappa shape index (κ2) is 9.11. The molecule has 0 aliphatic carbocycles. The van der Waals surface area contributed by atoms with Crippen molar-refractivity contribution in [3.05, 3.63) is 72.4 Å². The van der Waals surface area contributed by atoms with Crippen molar-refractivity contribution in [3.63, 3.8) is 0 Å². The van der Waals surface area contributed by atoms with Crippen molar-refractivity contribution in [1.82, 2.24) is 14.5 Å². The predicted octanol–water partition coefficient (Wildman–Crippen LogP) is 4.05. The number of rotatable bonds is 6. The molecule has 1 amide bonds. The minimum Gasteiger partial charge on any atom is -0.368 e. The molecule has 1 aliphatic rings. The monoisotopic (exact) mass is 497 g/mol. The molecule has 0 radical (unpaired) electrons. The zero-order valence-electron chi connectivity index (χ0n) is 18.7. The first-order chi connectivity index (χ1) is 16.4. The second-order valence-corrected chi connectivity index (χ2v) is 10.8. The molecular formula is C24H27N5O3S2. The first kappa shape index (κ1) is 22.4. The van der Waals surface area contributed by atoms with Gasteiger partial charge in [-0.25, -0.2) is 13.4 Å². The van der Waals surface area contributed by atoms with E-state index in [1.54, 1.807) is 23.7 Å². The number of piperazine rings is 1. The van der Waals surface area contributed by atoms with E-state index in [1.165, 1.54) is 11.3 Å². The number of aromatic nitrogens is 2. The van der Waals surface area contributed by atoms with Crippen LogP contribution in [-0.4, -0.2) is 55.0 Å². The molecule has 0 spiro atoms. The molecule has 0 saturated carbocycles. The molecule has 8 nitrogen and oxygen atoms in total. The van der Waals surface area contributed by atoms with Crippen molar-refractivity contribution >= 4 is 49.0 Å². The van der Waals surface area contributed by atoms with Gasteiger partial charge in [0, 0.05) is 56.6 Å². The molecule has 1 fully saturated rings. The van der Waals surface area contributed by atoms with E-state index in [-0.39, 0.29) is 18.3 Å². The molecule has 178 valence electrons. The first-order valence-electron chi connectivity index (χ1n) is 11.0. The highest BCUT2D eigenvalue weighted by Gasteiger charge is 2.26. The van der Waals surface area contributed by atoms with Crippen molar-refractivity contribution in [1.29, 1.82) is 0 Å². The maximum Gasteiger partial charge on any atom is 0.263 e. The quantitative estimate of drug-likeness (QED) is 0.434. The van der Waals surface area contributed by atoms with Crippen molar-refractivity contribution in [2.75, 3.05) is 35.8 Å². The lowest BCUT2D eigenvalue weighted by molar-refractivity contribution is -0.134. The fourth-order valence-corrected chi connectivity index (χ4v) is 6.08. The summed E-state index contributed by atoms with van der Waals surface area (Å²) in [5.74, 6) is 0.107. The topological polar surface area (TPSA) is 87.5 Å². The van der Waals surface area contributed by atoms with Crippen LogP contribution >= 0.6 is 11.3 Å². The largest absolute Gasteiger partial charge is 0.368 e. The van der Waals surface area contributed by atoms with Gasteiger partial charge < -0.3 is 14.4 Å². The summed E-state index contributed by atoms with van der Waals surface area (Å²) in [5.41, 5.74) is 1.99. The third kappa shape index (κ3) is 4.38. The number of carbonyl (C=O) groups is 1. The summed E-state index contributed by atoms with van der Waals surface area (Å²) in [7, 11) is -3.67. The number of carbonyl (C=O) groups excluding carboxylic acids is 1. The van der Waals surface area contributed by atoms with E-state index in [2.05, 4.69) is 14.6 Å². The summed E-state index contributed by atoms with van der Waals surface area (Å²) in [6.45, 7) is 4.56. The lowest BCUT2D eigenvalue weighted by Crippen LogP contribution is -2.50. The highest BCUT2D eigenvalue weighted by atomic mass is 32.2. The Kier molecular flexibility index (Phi) is 6.01. The zero-order chi connectivity index (χ0) is 23.7. The van der Waals surface area contributed by atoms with Gasteiger partial charge in [0.05, 0.1) is 4.90 Å². The van der Waals surface area contributed by atoms with Crippen molar-refractivity contribution in [3.8, 4) is 0 Å². The van der Waals surface area contributed by atoms with Crippen LogP contribution in [0, 0.1) is 0 Å². The fourth-order valence-electron chi connectivity index (χ4n) is 4.29. The van der Waals surface area contributed by atoms with Gasteiger partial charge in [0.2, 0.25) is 5.91 Å². The minimum absolute atomic E-state index is 0. The number of nitrogens with one attached hydrogen (secondary N) is 1. The van der Waals surface area contributed by atoms with Crippen LogP contribution in [0.4, 0.5) is 10.8 Å². The van der Waals surface area contributed by atoms with E-state index in [0.29, 0.717) is 31.3 Å². The number of thiazole rings is 1. The Balaban J connectivity index is 0.00000289. The van der Waals surface area contributed by atoms with Crippen LogP contribution in [0.1, 0.15) is 14.4 Å². The Labute approximate surface area is 204 Å². The molecule has 1 saturated heterocycles. The van der Waals surface area contributed by atoms with E-state index in [0.717, 1.165) is 16.6 Å². The van der Waals surface area contributed by atoms with Crippen LogP contribution in [0.15, 0.2) is 77.3 Å². The number of anilines is 2. The van der Waals surface area contributed by atoms with Gasteiger partial charge in [-0.05, 0) is 48.7 Å². The molecule has 5 rings (SSSR count). The molecular weight excluding hydrogens is 470 g/mol. The first-order valence-corrected chi connectivity index (χ1v) is 13.4. The van der Waals surface area contributed by atoms with Crippen LogP contribution < -0.4 is 9.62 Å². The Morgan fingerprint density at radius 2 is 1.79 bits per heavy atom. The number of hydrogen-bond donors (Lipinski definition) is 1. The Hall–Kier alpha value is -3.37. The predicted molar refractivity (Wildman–Crippen MR) is 137 cm³/mol. The number of hydrogen-bond acceptors (Lipinski definition) is 6. The molecule has 10 heteroatoms. The number of benzene rings is 2. The van der Waals surface area contributed by atoms with Gasteiger partial charge in [0.15, 0.2) is 5.13 Å². The molecule has 3 heterocycles. The Bertz CT molecular complexity index is 1400. The van der Waals surface area contributed by atoms with Crippen LogP contribution in [0.25, 0.3) is 10.9 Å². The summed E-state index contributed by atoms with van der Waals surface area (Å²) >= 11 is 1.23. The maximum absolute atomic E-state index is 13.2. The van der Waals surface area contributed by atoms with Gasteiger partial charge in [-0.3, -0.25) is 9.52 Å². The number of amides is 1. The van der Waals surface area contributed by atoms with Gasteiger partial charge in [0.1, 0.15) is 6.04 Å². The highest BCUT2D eigenvalue weighted by Crippen LogP contribution is 2.24. The molecule has 1 unspecified atom stereocenters. The molecule has 1 N–H and O–H groups in total. The lowest BCUT2D eigenvalue weighted by Gasteiger charge is -2.37. The van der Waals surface area contributed by atoms with Crippen molar-refractivity contribution < 1.29 is 14.6 Å². The minimum atomic E-state index is -3.67. The molecule has 1 aliphatic heterocycles. The molecule has 34 heavy (non-hydrogen) atoms. The Morgan fingerprint density at radius 3 is 2.50 bits per heavy atom.